The molecule has 5 rings (SSSR count). The van der Waals surface area contributed by atoms with Gasteiger partial charge in [0.05, 0.1) is 6.42 Å². The summed E-state index contributed by atoms with van der Waals surface area (Å²) in [4.78, 5) is 37.7. The third-order valence-corrected chi connectivity index (χ3v) is 11.9. The number of Topliss-reactive ketones (excluding diaryl/α,β-unsaturated/α-hetero) is 1. The molecule has 4 fully saturated rings. The van der Waals surface area contributed by atoms with Gasteiger partial charge in [-0.05, 0) is 122 Å². The first-order valence-electron chi connectivity index (χ1n) is 14.2. The normalized spacial score (nSPS) is 41.8. The highest BCUT2D eigenvalue weighted by Gasteiger charge is 2.68. The minimum absolute atomic E-state index is 0.0542. The van der Waals surface area contributed by atoms with Gasteiger partial charge >= 0.3 is 11.9 Å². The lowest BCUT2D eigenvalue weighted by atomic mass is 9.43. The molecule has 0 aliphatic heterocycles. The van der Waals surface area contributed by atoms with Gasteiger partial charge in [-0.25, -0.2) is 0 Å². The molecule has 6 nitrogen and oxygen atoms in total. The largest absolute Gasteiger partial charge is 0.463 e. The summed E-state index contributed by atoms with van der Waals surface area (Å²) in [5.74, 6) is 0.242. The average molecular weight is 637 g/mol. The summed E-state index contributed by atoms with van der Waals surface area (Å²) < 4.78 is 13.1. The van der Waals surface area contributed by atoms with Crippen LogP contribution in [0.25, 0.3) is 0 Å². The summed E-state index contributed by atoms with van der Waals surface area (Å²) >= 11 is 2.25. The number of ether oxygens (including phenoxy) is 2. The number of aliphatic hydroxyl groups is 1. The predicted octanol–water partition coefficient (Wildman–Crippen LogP) is 5.65. The molecule has 1 aromatic rings. The molecule has 9 atom stereocenters. The predicted molar refractivity (Wildman–Crippen MR) is 151 cm³/mol. The van der Waals surface area contributed by atoms with Gasteiger partial charge in [0, 0.05) is 21.8 Å². The summed E-state index contributed by atoms with van der Waals surface area (Å²) in [6, 6.07) is 7.93. The van der Waals surface area contributed by atoms with Crippen LogP contribution >= 0.6 is 22.6 Å². The summed E-state index contributed by atoms with van der Waals surface area (Å²) in [5.41, 5.74) is -0.846. The van der Waals surface area contributed by atoms with Crippen molar-refractivity contribution in [3.8, 4) is 0 Å². The van der Waals surface area contributed by atoms with Crippen molar-refractivity contribution >= 4 is 40.3 Å². The molecule has 7 heteroatoms. The van der Waals surface area contributed by atoms with Gasteiger partial charge in [0.15, 0.2) is 5.78 Å². The van der Waals surface area contributed by atoms with Crippen LogP contribution in [0.1, 0.15) is 84.6 Å². The van der Waals surface area contributed by atoms with Gasteiger partial charge in [-0.3, -0.25) is 14.4 Å². The third-order valence-electron chi connectivity index (χ3n) is 11.2. The number of hydrogen-bond donors (Lipinski definition) is 1. The van der Waals surface area contributed by atoms with Crippen molar-refractivity contribution in [3.05, 3.63) is 33.4 Å². The Morgan fingerprint density at radius 1 is 0.947 bits per heavy atom. The summed E-state index contributed by atoms with van der Waals surface area (Å²) in [6.07, 6.45) is 6.17. The number of fused-ring (bicyclic) bond motifs is 5. The average Bonchev–Trinajstić information content (AvgIpc) is 3.13. The van der Waals surface area contributed by atoms with Crippen LogP contribution in [0, 0.1) is 38.1 Å². The van der Waals surface area contributed by atoms with Crippen LogP contribution in [0.2, 0.25) is 0 Å². The van der Waals surface area contributed by atoms with E-state index in [0.717, 1.165) is 54.1 Å². The smallest absolute Gasteiger partial charge is 0.310 e. The van der Waals surface area contributed by atoms with Gasteiger partial charge < -0.3 is 14.6 Å². The molecule has 0 heterocycles. The molecule has 208 valence electrons. The summed E-state index contributed by atoms with van der Waals surface area (Å²) in [7, 11) is 0. The van der Waals surface area contributed by atoms with E-state index in [1.807, 2.05) is 24.3 Å². The molecular weight excluding hydrogens is 595 g/mol. The van der Waals surface area contributed by atoms with Crippen molar-refractivity contribution in [2.75, 3.05) is 0 Å². The lowest BCUT2D eigenvalue weighted by molar-refractivity contribution is -0.207. The Hall–Kier alpha value is -1.48. The molecule has 4 aliphatic carbocycles. The number of carbonyl (C=O) groups is 3. The SMILES string of the molecule is CC(=O)O[C@@H]1CC[C@@]2(C)[C@H](C1)C[C@@H](OC(=O)Cc1ccc(I)cc1)[C@@H]1[C@@H]2CC[C@@]2(C)[C@H]1CC[C@]2(O)C(C)=O. The minimum Gasteiger partial charge on any atom is -0.463 e. The first-order valence-corrected chi connectivity index (χ1v) is 15.3. The Labute approximate surface area is 239 Å². The molecule has 0 spiro atoms. The number of halogens is 1. The van der Waals surface area contributed by atoms with E-state index in [1.54, 1.807) is 0 Å². The van der Waals surface area contributed by atoms with Crippen molar-refractivity contribution in [3.63, 3.8) is 0 Å². The fourth-order valence-corrected chi connectivity index (χ4v) is 9.56. The van der Waals surface area contributed by atoms with E-state index in [0.29, 0.717) is 12.3 Å². The highest BCUT2D eigenvalue weighted by atomic mass is 127. The Morgan fingerprint density at radius 3 is 2.29 bits per heavy atom. The first-order chi connectivity index (χ1) is 17.9. The second-order valence-electron chi connectivity index (χ2n) is 13.0. The van der Waals surface area contributed by atoms with Crippen molar-refractivity contribution in [1.82, 2.24) is 0 Å². The molecule has 0 aromatic heterocycles. The van der Waals surface area contributed by atoms with Crippen LogP contribution in [-0.2, 0) is 30.3 Å². The lowest BCUT2D eigenvalue weighted by Crippen LogP contribution is -2.62. The molecule has 0 bridgehead atoms. The zero-order chi connectivity index (χ0) is 27.5. The van der Waals surface area contributed by atoms with Crippen molar-refractivity contribution < 1.29 is 29.0 Å². The Balaban J connectivity index is 1.45. The Kier molecular flexibility index (Phi) is 7.51. The molecular formula is C31H41IO6. The van der Waals surface area contributed by atoms with Gasteiger partial charge in [0.2, 0.25) is 0 Å². The van der Waals surface area contributed by atoms with E-state index < -0.39 is 11.0 Å². The Morgan fingerprint density at radius 2 is 1.63 bits per heavy atom. The molecule has 0 amide bonds. The monoisotopic (exact) mass is 636 g/mol. The maximum atomic E-state index is 13.3. The number of carbonyl (C=O) groups excluding carboxylic acids is 3. The maximum Gasteiger partial charge on any atom is 0.310 e. The van der Waals surface area contributed by atoms with Crippen LogP contribution in [0.5, 0.6) is 0 Å². The van der Waals surface area contributed by atoms with E-state index >= 15 is 0 Å². The van der Waals surface area contributed by atoms with E-state index in [4.69, 9.17) is 9.47 Å². The molecule has 1 N–H and O–H groups in total. The van der Waals surface area contributed by atoms with Gasteiger partial charge in [-0.15, -0.1) is 0 Å². The number of ketones is 1. The summed E-state index contributed by atoms with van der Waals surface area (Å²) in [5, 5.41) is 11.6. The van der Waals surface area contributed by atoms with Crippen molar-refractivity contribution in [2.24, 2.45) is 34.5 Å². The topological polar surface area (TPSA) is 89.9 Å². The van der Waals surface area contributed by atoms with E-state index in [-0.39, 0.29) is 59.5 Å². The highest BCUT2D eigenvalue weighted by molar-refractivity contribution is 14.1. The van der Waals surface area contributed by atoms with E-state index in [9.17, 15) is 19.5 Å². The van der Waals surface area contributed by atoms with Crippen LogP contribution in [0.3, 0.4) is 0 Å². The van der Waals surface area contributed by atoms with Crippen LogP contribution in [0.4, 0.5) is 0 Å². The number of esters is 2. The Bertz CT molecular complexity index is 1100. The minimum atomic E-state index is -1.32. The zero-order valence-corrected chi connectivity index (χ0v) is 25.2. The maximum absolute atomic E-state index is 13.3. The first kappa shape index (κ1) is 28.1. The molecule has 0 saturated heterocycles. The van der Waals surface area contributed by atoms with Gasteiger partial charge in [-0.2, -0.15) is 0 Å². The van der Waals surface area contributed by atoms with Gasteiger partial charge in [0.1, 0.15) is 17.8 Å². The fraction of sp³-hybridized carbons (Fsp3) is 0.710. The van der Waals surface area contributed by atoms with Crippen LogP contribution < -0.4 is 0 Å². The molecule has 4 saturated carbocycles. The zero-order valence-electron chi connectivity index (χ0n) is 23.0. The quantitative estimate of drug-likeness (QED) is 0.332. The highest BCUT2D eigenvalue weighted by Crippen LogP contribution is 2.68. The second-order valence-corrected chi connectivity index (χ2v) is 14.2. The van der Waals surface area contributed by atoms with Crippen LogP contribution in [-0.4, -0.2) is 40.6 Å². The van der Waals surface area contributed by atoms with E-state index in [1.165, 1.54) is 13.8 Å². The number of hydrogen-bond acceptors (Lipinski definition) is 6. The second kappa shape index (κ2) is 10.2. The third kappa shape index (κ3) is 4.63. The molecule has 0 radical (unpaired) electrons. The molecule has 38 heavy (non-hydrogen) atoms. The molecule has 1 aromatic carbocycles. The van der Waals surface area contributed by atoms with Crippen molar-refractivity contribution in [2.45, 2.75) is 103 Å². The fourth-order valence-electron chi connectivity index (χ4n) is 9.20. The number of benzene rings is 1. The lowest BCUT2D eigenvalue weighted by Gasteiger charge is -2.63. The molecule has 0 unspecified atom stereocenters. The molecule has 4 aliphatic rings. The standard InChI is InChI=1S/C31H41IO6/c1-18(33)31(36)14-11-25-28-24(10-13-30(25,31)4)29(3)12-9-23(37-19(2)34)16-21(29)17-26(28)38-27(35)15-20-5-7-22(32)8-6-20/h5-8,21,23-26,28,36H,9-17H2,1-4H3/t21-,23-,24+,25+,26-,28-,29+,30+,31+/m1/s1. The van der Waals surface area contributed by atoms with E-state index in [2.05, 4.69) is 36.4 Å². The van der Waals surface area contributed by atoms with Gasteiger partial charge in [0.25, 0.3) is 0 Å². The van der Waals surface area contributed by atoms with Gasteiger partial charge in [-0.1, -0.05) is 26.0 Å². The summed E-state index contributed by atoms with van der Waals surface area (Å²) in [6.45, 7) is 7.47. The van der Waals surface area contributed by atoms with Crippen LogP contribution in [0.15, 0.2) is 24.3 Å². The number of rotatable bonds is 5. The van der Waals surface area contributed by atoms with Crippen molar-refractivity contribution in [1.29, 1.82) is 0 Å².